The first-order valence-electron chi connectivity index (χ1n) is 8.56. The average molecular weight is 353 g/mol. The summed E-state index contributed by atoms with van der Waals surface area (Å²) >= 11 is 0. The van der Waals surface area contributed by atoms with Crippen molar-refractivity contribution in [3.63, 3.8) is 0 Å². The van der Waals surface area contributed by atoms with E-state index in [0.717, 1.165) is 25.2 Å². The van der Waals surface area contributed by atoms with Gasteiger partial charge in [-0.05, 0) is 50.0 Å². The van der Waals surface area contributed by atoms with Crippen LogP contribution in [0.4, 0.5) is 0 Å². The Morgan fingerprint density at radius 1 is 1.08 bits per heavy atom. The summed E-state index contributed by atoms with van der Waals surface area (Å²) in [5, 5.41) is 7.99. The first kappa shape index (κ1) is 18.9. The van der Waals surface area contributed by atoms with Crippen molar-refractivity contribution in [2.24, 2.45) is 5.14 Å². The summed E-state index contributed by atoms with van der Waals surface area (Å²) in [6.45, 7) is 3.58. The molecule has 24 heavy (non-hydrogen) atoms. The van der Waals surface area contributed by atoms with Gasteiger partial charge in [-0.2, -0.15) is 0 Å². The Morgan fingerprint density at radius 2 is 1.71 bits per heavy atom. The van der Waals surface area contributed by atoms with Gasteiger partial charge in [0.1, 0.15) is 0 Å². The fraction of sp³-hybridized carbons (Fsp3) is 0.588. The van der Waals surface area contributed by atoms with Crippen molar-refractivity contribution in [2.75, 3.05) is 26.2 Å². The predicted molar refractivity (Wildman–Crippen MR) is 94.1 cm³/mol. The Kier molecular flexibility index (Phi) is 7.20. The third-order valence-corrected chi connectivity index (χ3v) is 5.27. The van der Waals surface area contributed by atoms with Crippen LogP contribution in [0.3, 0.4) is 0 Å². The summed E-state index contributed by atoms with van der Waals surface area (Å²) in [4.78, 5) is 14.4. The molecular weight excluding hydrogens is 326 g/mol. The maximum atomic E-state index is 11.9. The van der Waals surface area contributed by atoms with Crippen LogP contribution in [0.1, 0.15) is 37.7 Å². The van der Waals surface area contributed by atoms with Crippen LogP contribution in [0.2, 0.25) is 0 Å². The number of nitrogens with one attached hydrogen (secondary N) is 1. The molecule has 0 aromatic heterocycles. The summed E-state index contributed by atoms with van der Waals surface area (Å²) in [6.07, 6.45) is 6.26. The van der Waals surface area contributed by atoms with E-state index in [1.807, 2.05) is 0 Å². The van der Waals surface area contributed by atoms with Gasteiger partial charge in [0.25, 0.3) is 0 Å². The Balaban J connectivity index is 1.66. The van der Waals surface area contributed by atoms with Crippen LogP contribution in [0.25, 0.3) is 0 Å². The van der Waals surface area contributed by atoms with E-state index in [1.165, 1.54) is 37.8 Å². The number of amides is 1. The maximum absolute atomic E-state index is 11.9. The number of carbonyl (C=O) groups is 1. The van der Waals surface area contributed by atoms with Crippen molar-refractivity contribution < 1.29 is 13.2 Å². The van der Waals surface area contributed by atoms with E-state index in [1.54, 1.807) is 12.1 Å². The second-order valence-corrected chi connectivity index (χ2v) is 7.86. The Labute approximate surface area is 144 Å². The van der Waals surface area contributed by atoms with Gasteiger partial charge in [0.15, 0.2) is 0 Å². The van der Waals surface area contributed by atoms with Crippen molar-refractivity contribution >= 4 is 15.9 Å². The number of rotatable bonds is 7. The molecule has 0 bridgehead atoms. The minimum Gasteiger partial charge on any atom is -0.356 e. The average Bonchev–Trinajstić information content (AvgIpc) is 2.81. The first-order valence-corrected chi connectivity index (χ1v) is 10.1. The Morgan fingerprint density at radius 3 is 2.29 bits per heavy atom. The largest absolute Gasteiger partial charge is 0.356 e. The predicted octanol–water partition coefficient (Wildman–Crippen LogP) is 1.26. The highest BCUT2D eigenvalue weighted by atomic mass is 32.2. The topological polar surface area (TPSA) is 92.5 Å². The second-order valence-electron chi connectivity index (χ2n) is 6.29. The lowest BCUT2D eigenvalue weighted by Gasteiger charge is -2.19. The number of nitrogens with zero attached hydrogens (tertiary/aromatic N) is 1. The van der Waals surface area contributed by atoms with Gasteiger partial charge in [-0.1, -0.05) is 25.0 Å². The lowest BCUT2D eigenvalue weighted by molar-refractivity contribution is -0.121. The van der Waals surface area contributed by atoms with Gasteiger partial charge >= 0.3 is 0 Å². The number of nitrogens with two attached hydrogens (primary N) is 1. The summed E-state index contributed by atoms with van der Waals surface area (Å²) in [7, 11) is -3.65. The highest BCUT2D eigenvalue weighted by Gasteiger charge is 2.11. The molecule has 0 saturated carbocycles. The van der Waals surface area contributed by atoms with E-state index in [4.69, 9.17) is 5.14 Å². The molecular formula is C17H27N3O3S. The SMILES string of the molecule is NS(=O)(=O)c1ccc(CCNC(=O)CCN2CCCCCC2)cc1. The summed E-state index contributed by atoms with van der Waals surface area (Å²) < 4.78 is 22.4. The highest BCUT2D eigenvalue weighted by Crippen LogP contribution is 2.10. The molecule has 0 radical (unpaired) electrons. The molecule has 134 valence electrons. The zero-order chi connectivity index (χ0) is 17.4. The number of sulfonamides is 1. The van der Waals surface area contributed by atoms with Gasteiger partial charge in [0.2, 0.25) is 15.9 Å². The number of hydrogen-bond acceptors (Lipinski definition) is 4. The summed E-state index contributed by atoms with van der Waals surface area (Å²) in [5.41, 5.74) is 0.968. The van der Waals surface area contributed by atoms with Crippen molar-refractivity contribution in [1.29, 1.82) is 0 Å². The van der Waals surface area contributed by atoms with Gasteiger partial charge in [0, 0.05) is 19.5 Å². The second kappa shape index (κ2) is 9.15. The molecule has 1 saturated heterocycles. The van der Waals surface area contributed by atoms with Crippen LogP contribution < -0.4 is 10.5 Å². The molecule has 7 heteroatoms. The fourth-order valence-electron chi connectivity index (χ4n) is 2.90. The van der Waals surface area contributed by atoms with Crippen LogP contribution >= 0.6 is 0 Å². The van der Waals surface area contributed by atoms with Gasteiger partial charge in [0.05, 0.1) is 4.90 Å². The highest BCUT2D eigenvalue weighted by molar-refractivity contribution is 7.89. The molecule has 0 unspecified atom stereocenters. The normalized spacial score (nSPS) is 16.5. The Bertz CT molecular complexity index is 621. The molecule has 1 aromatic carbocycles. The third kappa shape index (κ3) is 6.59. The van der Waals surface area contributed by atoms with Crippen LogP contribution in [0, 0.1) is 0 Å². The van der Waals surface area contributed by atoms with Gasteiger partial charge < -0.3 is 10.2 Å². The lowest BCUT2D eigenvalue weighted by Crippen LogP contribution is -2.32. The van der Waals surface area contributed by atoms with Crippen molar-refractivity contribution in [3.05, 3.63) is 29.8 Å². The lowest BCUT2D eigenvalue weighted by atomic mass is 10.1. The number of carbonyl (C=O) groups excluding carboxylic acids is 1. The molecule has 0 aliphatic carbocycles. The van der Waals surface area contributed by atoms with E-state index in [2.05, 4.69) is 10.2 Å². The van der Waals surface area contributed by atoms with Gasteiger partial charge in [-0.3, -0.25) is 4.79 Å². The molecule has 6 nitrogen and oxygen atoms in total. The molecule has 1 aromatic rings. The van der Waals surface area contributed by atoms with Crippen LogP contribution in [0.5, 0.6) is 0 Å². The van der Waals surface area contributed by atoms with E-state index in [-0.39, 0.29) is 10.8 Å². The van der Waals surface area contributed by atoms with Crippen molar-refractivity contribution in [2.45, 2.75) is 43.4 Å². The number of likely N-dealkylation sites (tertiary alicyclic amines) is 1. The van der Waals surface area contributed by atoms with E-state index in [0.29, 0.717) is 19.4 Å². The Hall–Kier alpha value is -1.44. The smallest absolute Gasteiger partial charge is 0.238 e. The molecule has 2 rings (SSSR count). The van der Waals surface area contributed by atoms with E-state index >= 15 is 0 Å². The molecule has 0 spiro atoms. The monoisotopic (exact) mass is 353 g/mol. The zero-order valence-corrected chi connectivity index (χ0v) is 14.9. The summed E-state index contributed by atoms with van der Waals surface area (Å²) in [6, 6.07) is 6.43. The molecule has 1 amide bonds. The fourth-order valence-corrected chi connectivity index (χ4v) is 3.42. The van der Waals surface area contributed by atoms with E-state index in [9.17, 15) is 13.2 Å². The van der Waals surface area contributed by atoms with Crippen molar-refractivity contribution in [3.8, 4) is 0 Å². The standard InChI is InChI=1S/C17H27N3O3S/c18-24(22,23)16-7-5-15(6-8-16)9-11-19-17(21)10-14-20-12-3-1-2-4-13-20/h5-8H,1-4,9-14H2,(H,19,21)(H2,18,22,23). The zero-order valence-electron chi connectivity index (χ0n) is 14.0. The number of primary sulfonamides is 1. The van der Waals surface area contributed by atoms with Crippen LogP contribution in [0.15, 0.2) is 29.2 Å². The molecule has 1 aliphatic heterocycles. The van der Waals surface area contributed by atoms with Crippen molar-refractivity contribution in [1.82, 2.24) is 10.2 Å². The third-order valence-electron chi connectivity index (χ3n) is 4.34. The minimum atomic E-state index is -3.65. The van der Waals surface area contributed by atoms with E-state index < -0.39 is 10.0 Å². The molecule has 1 heterocycles. The minimum absolute atomic E-state index is 0.0698. The molecule has 1 aliphatic rings. The van der Waals surface area contributed by atoms with Crippen LogP contribution in [-0.4, -0.2) is 45.4 Å². The number of hydrogen-bond donors (Lipinski definition) is 2. The van der Waals surface area contributed by atoms with Gasteiger partial charge in [-0.25, -0.2) is 13.6 Å². The quantitative estimate of drug-likeness (QED) is 0.772. The molecule has 0 atom stereocenters. The molecule has 3 N–H and O–H groups in total. The first-order chi connectivity index (χ1) is 11.4. The number of benzene rings is 1. The summed E-state index contributed by atoms with van der Waals surface area (Å²) in [5.74, 6) is 0.0698. The van der Waals surface area contributed by atoms with Crippen LogP contribution in [-0.2, 0) is 21.2 Å². The molecule has 1 fully saturated rings. The van der Waals surface area contributed by atoms with Gasteiger partial charge in [-0.15, -0.1) is 0 Å². The maximum Gasteiger partial charge on any atom is 0.238 e.